The van der Waals surface area contributed by atoms with E-state index in [-0.39, 0.29) is 17.9 Å². The molecule has 130 valence electrons. The van der Waals surface area contributed by atoms with Crippen molar-refractivity contribution in [3.05, 3.63) is 35.4 Å². The van der Waals surface area contributed by atoms with Crippen LogP contribution in [0.2, 0.25) is 0 Å². The van der Waals surface area contributed by atoms with Crippen molar-refractivity contribution < 1.29 is 14.6 Å². The summed E-state index contributed by atoms with van der Waals surface area (Å²) in [5, 5.41) is 12.2. The predicted octanol–water partition coefficient (Wildman–Crippen LogP) is 3.66. The van der Waals surface area contributed by atoms with Crippen LogP contribution in [0.15, 0.2) is 24.3 Å². The minimum atomic E-state index is -0.512. The molecule has 1 atom stereocenters. The molecule has 0 aliphatic carbocycles. The van der Waals surface area contributed by atoms with E-state index < -0.39 is 11.7 Å². The maximum absolute atomic E-state index is 11.7. The van der Waals surface area contributed by atoms with Crippen LogP contribution in [0.3, 0.4) is 0 Å². The third-order valence-corrected chi connectivity index (χ3v) is 3.54. The van der Waals surface area contributed by atoms with Crippen LogP contribution in [0, 0.1) is 5.92 Å². The van der Waals surface area contributed by atoms with E-state index in [9.17, 15) is 9.90 Å². The highest BCUT2D eigenvalue weighted by Crippen LogP contribution is 2.22. The number of hydrogen-bond acceptors (Lipinski definition) is 3. The maximum atomic E-state index is 11.7. The zero-order valence-electron chi connectivity index (χ0n) is 15.3. The molecule has 1 aromatic carbocycles. The molecule has 0 fully saturated rings. The van der Waals surface area contributed by atoms with Crippen molar-refractivity contribution in [2.24, 2.45) is 5.92 Å². The Morgan fingerprint density at radius 2 is 1.70 bits per heavy atom. The van der Waals surface area contributed by atoms with Crippen molar-refractivity contribution >= 4 is 6.09 Å². The topological polar surface area (TPSA) is 58.6 Å². The number of alkyl carbamates (subject to hydrolysis) is 1. The molecule has 1 aromatic rings. The normalized spacial score (nSPS) is 13.5. The summed E-state index contributed by atoms with van der Waals surface area (Å²) in [6.45, 7) is 12.5. The van der Waals surface area contributed by atoms with Gasteiger partial charge < -0.3 is 15.2 Å². The summed E-state index contributed by atoms with van der Waals surface area (Å²) in [5.74, 6) is -0.0250. The highest BCUT2D eigenvalue weighted by molar-refractivity contribution is 5.67. The van der Waals surface area contributed by atoms with Gasteiger partial charge in [-0.15, -0.1) is 0 Å². The number of carbonyl (C=O) groups is 1. The first-order valence-corrected chi connectivity index (χ1v) is 8.18. The molecule has 4 heteroatoms. The van der Waals surface area contributed by atoms with Gasteiger partial charge in [0.25, 0.3) is 0 Å². The molecule has 0 aliphatic rings. The first-order valence-electron chi connectivity index (χ1n) is 8.18. The number of aliphatic hydroxyl groups excluding tert-OH is 1. The van der Waals surface area contributed by atoms with Crippen LogP contribution in [0.25, 0.3) is 0 Å². The molecule has 2 N–H and O–H groups in total. The van der Waals surface area contributed by atoms with E-state index in [0.717, 1.165) is 12.0 Å². The largest absolute Gasteiger partial charge is 0.444 e. The van der Waals surface area contributed by atoms with E-state index in [1.807, 2.05) is 20.8 Å². The summed E-state index contributed by atoms with van der Waals surface area (Å²) in [4.78, 5) is 11.7. The highest BCUT2D eigenvalue weighted by Gasteiger charge is 2.18. The second-order valence-electron chi connectivity index (χ2n) is 8.08. The molecule has 0 aromatic heterocycles. The Kier molecular flexibility index (Phi) is 6.63. The Labute approximate surface area is 140 Å². The summed E-state index contributed by atoms with van der Waals surface area (Å²) < 4.78 is 5.20. The van der Waals surface area contributed by atoms with Crippen LogP contribution in [0.1, 0.15) is 52.7 Å². The van der Waals surface area contributed by atoms with Crippen molar-refractivity contribution in [1.29, 1.82) is 0 Å². The van der Waals surface area contributed by atoms with Crippen molar-refractivity contribution in [2.75, 3.05) is 13.2 Å². The molecule has 23 heavy (non-hydrogen) atoms. The van der Waals surface area contributed by atoms with E-state index in [4.69, 9.17) is 4.74 Å². The summed E-state index contributed by atoms with van der Waals surface area (Å²) in [7, 11) is 0. The van der Waals surface area contributed by atoms with Gasteiger partial charge in [-0.2, -0.15) is 0 Å². The summed E-state index contributed by atoms with van der Waals surface area (Å²) in [6, 6.07) is 8.45. The molecular formula is C19H31NO3. The van der Waals surface area contributed by atoms with Crippen molar-refractivity contribution in [3.8, 4) is 0 Å². The Morgan fingerprint density at radius 1 is 1.13 bits per heavy atom. The number of benzene rings is 1. The van der Waals surface area contributed by atoms with Gasteiger partial charge in [0, 0.05) is 19.1 Å². The fourth-order valence-corrected chi connectivity index (χ4v) is 2.22. The minimum absolute atomic E-state index is 0.0246. The minimum Gasteiger partial charge on any atom is -0.444 e. The molecule has 0 radical (unpaired) electrons. The van der Waals surface area contributed by atoms with Gasteiger partial charge in [0.1, 0.15) is 5.60 Å². The van der Waals surface area contributed by atoms with Crippen molar-refractivity contribution in [3.63, 3.8) is 0 Å². The first kappa shape index (κ1) is 19.5. The van der Waals surface area contributed by atoms with Crippen LogP contribution in [0.5, 0.6) is 0 Å². The van der Waals surface area contributed by atoms with Gasteiger partial charge in [-0.25, -0.2) is 4.79 Å². The number of rotatable bonds is 5. The van der Waals surface area contributed by atoms with Crippen LogP contribution >= 0.6 is 0 Å². The Morgan fingerprint density at radius 3 is 2.13 bits per heavy atom. The highest BCUT2D eigenvalue weighted by atomic mass is 16.6. The molecule has 0 spiro atoms. The average molecular weight is 321 g/mol. The molecular weight excluding hydrogens is 290 g/mol. The monoisotopic (exact) mass is 321 g/mol. The quantitative estimate of drug-likeness (QED) is 0.870. The van der Waals surface area contributed by atoms with Crippen LogP contribution < -0.4 is 5.32 Å². The Hall–Kier alpha value is -1.55. The number of nitrogens with one attached hydrogen (secondary N) is 1. The van der Waals surface area contributed by atoms with E-state index >= 15 is 0 Å². The third-order valence-electron chi connectivity index (χ3n) is 3.54. The number of hydrogen-bond donors (Lipinski definition) is 2. The van der Waals surface area contributed by atoms with E-state index in [1.165, 1.54) is 5.56 Å². The molecule has 4 nitrogen and oxygen atoms in total. The first-order chi connectivity index (χ1) is 10.5. The molecule has 0 bridgehead atoms. The molecule has 0 aliphatic heterocycles. The lowest BCUT2D eigenvalue weighted by Crippen LogP contribution is -2.36. The van der Waals surface area contributed by atoms with Gasteiger partial charge in [-0.1, -0.05) is 45.0 Å². The average Bonchev–Trinajstić information content (AvgIpc) is 2.41. The van der Waals surface area contributed by atoms with Gasteiger partial charge in [0.15, 0.2) is 0 Å². The summed E-state index contributed by atoms with van der Waals surface area (Å²) >= 11 is 0. The summed E-state index contributed by atoms with van der Waals surface area (Å²) in [5.41, 5.74) is 2.06. The standard InChI is InChI=1S/C19H31NO3/c1-18(2,3)16-9-7-14(8-10-16)11-15(13-21)12-20-17(22)23-19(4,5)6/h7-10,15,21H,11-13H2,1-6H3,(H,20,22)/t15-/m1/s1. The zero-order valence-corrected chi connectivity index (χ0v) is 15.3. The maximum Gasteiger partial charge on any atom is 0.407 e. The molecule has 0 heterocycles. The fraction of sp³-hybridized carbons (Fsp3) is 0.632. The molecule has 1 amide bonds. The molecule has 0 unspecified atom stereocenters. The number of ether oxygens (including phenoxy) is 1. The Balaban J connectivity index is 2.55. The van der Waals surface area contributed by atoms with Gasteiger partial charge >= 0.3 is 6.09 Å². The van der Waals surface area contributed by atoms with Gasteiger partial charge in [-0.3, -0.25) is 0 Å². The molecule has 0 saturated carbocycles. The SMILES string of the molecule is CC(C)(C)OC(=O)NC[C@H](CO)Cc1ccc(C(C)(C)C)cc1. The zero-order chi connectivity index (χ0) is 17.7. The second-order valence-corrected chi connectivity index (χ2v) is 8.08. The van der Waals surface area contributed by atoms with Gasteiger partial charge in [0.05, 0.1) is 0 Å². The lowest BCUT2D eigenvalue weighted by molar-refractivity contribution is 0.0512. The number of amides is 1. The van der Waals surface area contributed by atoms with E-state index in [1.54, 1.807) is 0 Å². The van der Waals surface area contributed by atoms with Gasteiger partial charge in [0.2, 0.25) is 0 Å². The Bertz CT molecular complexity index is 495. The predicted molar refractivity (Wildman–Crippen MR) is 93.7 cm³/mol. The van der Waals surface area contributed by atoms with Crippen molar-refractivity contribution in [1.82, 2.24) is 5.32 Å². The molecule has 0 saturated heterocycles. The van der Waals surface area contributed by atoms with Crippen LogP contribution in [-0.4, -0.2) is 30.0 Å². The number of aliphatic hydroxyl groups is 1. The number of carbonyl (C=O) groups excluding carboxylic acids is 1. The van der Waals surface area contributed by atoms with Gasteiger partial charge in [-0.05, 0) is 43.7 Å². The fourth-order valence-electron chi connectivity index (χ4n) is 2.22. The second kappa shape index (κ2) is 7.82. The van der Waals surface area contributed by atoms with E-state index in [2.05, 4.69) is 50.4 Å². The lowest BCUT2D eigenvalue weighted by atomic mass is 9.86. The van der Waals surface area contributed by atoms with Crippen molar-refractivity contribution in [2.45, 2.75) is 59.0 Å². The van der Waals surface area contributed by atoms with Crippen LogP contribution in [-0.2, 0) is 16.6 Å². The summed E-state index contributed by atoms with van der Waals surface area (Å²) in [6.07, 6.45) is 0.274. The lowest BCUT2D eigenvalue weighted by Gasteiger charge is -2.22. The third kappa shape index (κ3) is 7.51. The smallest absolute Gasteiger partial charge is 0.407 e. The van der Waals surface area contributed by atoms with E-state index in [0.29, 0.717) is 6.54 Å². The van der Waals surface area contributed by atoms with Crippen LogP contribution in [0.4, 0.5) is 4.79 Å². The molecule has 1 rings (SSSR count).